The van der Waals surface area contributed by atoms with Crippen LogP contribution in [0.2, 0.25) is 0 Å². The zero-order chi connectivity index (χ0) is 26.0. The summed E-state index contributed by atoms with van der Waals surface area (Å²) in [4.78, 5) is 25.9. The van der Waals surface area contributed by atoms with Crippen molar-refractivity contribution in [3.05, 3.63) is 60.1 Å². The molecule has 1 aliphatic heterocycles. The van der Waals surface area contributed by atoms with Gasteiger partial charge < -0.3 is 23.8 Å². The number of amides is 1. The molecule has 38 heavy (non-hydrogen) atoms. The lowest BCUT2D eigenvalue weighted by Gasteiger charge is -2.17. The summed E-state index contributed by atoms with van der Waals surface area (Å²) in [5, 5.41) is 3.96. The maximum Gasteiger partial charge on any atom is 0.253 e. The lowest BCUT2D eigenvalue weighted by molar-refractivity contribution is 0.0945. The minimum absolute atomic E-state index is 0.0808. The van der Waals surface area contributed by atoms with Gasteiger partial charge in [-0.2, -0.15) is 4.39 Å². The number of imidazole rings is 2. The molecule has 5 aromatic rings. The Kier molecular flexibility index (Phi) is 5.24. The third-order valence-corrected chi connectivity index (χ3v) is 7.62. The Bertz CT molecular complexity index is 1710. The Morgan fingerprint density at radius 2 is 2.11 bits per heavy atom. The summed E-state index contributed by atoms with van der Waals surface area (Å²) in [5.74, 6) is 1.62. The van der Waals surface area contributed by atoms with Gasteiger partial charge in [0.2, 0.25) is 5.95 Å². The summed E-state index contributed by atoms with van der Waals surface area (Å²) in [5.41, 5.74) is 4.92. The number of nitrogens with one attached hydrogen (secondary N) is 1. The first-order valence-electron chi connectivity index (χ1n) is 13.0. The lowest BCUT2D eigenvalue weighted by atomic mass is 10.1. The maximum atomic E-state index is 13.4. The van der Waals surface area contributed by atoms with Crippen molar-refractivity contribution in [3.8, 4) is 17.3 Å². The number of halogens is 1. The van der Waals surface area contributed by atoms with Gasteiger partial charge >= 0.3 is 0 Å². The molecule has 0 unspecified atom stereocenters. The van der Waals surface area contributed by atoms with E-state index >= 15 is 0 Å². The van der Waals surface area contributed by atoms with Crippen LogP contribution in [0.15, 0.2) is 42.9 Å². The van der Waals surface area contributed by atoms with Crippen molar-refractivity contribution in [1.29, 1.82) is 0 Å². The number of para-hydroxylation sites is 1. The summed E-state index contributed by atoms with van der Waals surface area (Å²) < 4.78 is 25.8. The third kappa shape index (κ3) is 3.82. The number of aryl methyl sites for hydroxylation is 1. The molecule has 1 atom stereocenters. The molecule has 1 aliphatic carbocycles. The van der Waals surface area contributed by atoms with Gasteiger partial charge in [-0.3, -0.25) is 4.79 Å². The molecule has 1 fully saturated rings. The van der Waals surface area contributed by atoms with Crippen molar-refractivity contribution in [2.24, 2.45) is 13.0 Å². The number of benzene rings is 1. The Morgan fingerprint density at radius 3 is 2.89 bits per heavy atom. The van der Waals surface area contributed by atoms with E-state index in [1.807, 2.05) is 36.7 Å². The lowest BCUT2D eigenvalue weighted by Crippen LogP contribution is -2.32. The third-order valence-electron chi connectivity index (χ3n) is 7.62. The molecule has 0 radical (unpaired) electrons. The van der Waals surface area contributed by atoms with E-state index < -0.39 is 5.95 Å². The zero-order valence-electron chi connectivity index (χ0n) is 21.3. The van der Waals surface area contributed by atoms with E-state index in [2.05, 4.69) is 27.0 Å². The topological polar surface area (TPSA) is 91.8 Å². The Morgan fingerprint density at radius 1 is 1.24 bits per heavy atom. The van der Waals surface area contributed by atoms with Gasteiger partial charge in [-0.05, 0) is 43.9 Å². The molecular weight excluding hydrogens is 485 g/mol. The monoisotopic (exact) mass is 513 g/mol. The standard InChI is InChI=1S/C28H28FN7O2/c1-16(35-13-24(29)31-15-35)14-38-23-5-3-4-18-10-22(36(25(18)23)12-17-6-7-17)27-33-21-11-19-20(8-9-30-28(19)37)32-26(21)34(27)2/h3-5,10-11,13,15-17H,6-9,12,14H2,1-2H3,(H,30,37)/t16-/m1/s1. The largest absolute Gasteiger partial charge is 0.489 e. The van der Waals surface area contributed by atoms with E-state index in [0.717, 1.165) is 46.1 Å². The average Bonchev–Trinajstić information content (AvgIpc) is 3.37. The number of rotatable bonds is 7. The number of hydrogen-bond donors (Lipinski definition) is 1. The van der Waals surface area contributed by atoms with Gasteiger partial charge in [0.1, 0.15) is 17.9 Å². The number of aromatic nitrogens is 6. The van der Waals surface area contributed by atoms with Gasteiger partial charge in [-0.25, -0.2) is 15.0 Å². The van der Waals surface area contributed by atoms with E-state index in [-0.39, 0.29) is 11.9 Å². The molecule has 0 saturated heterocycles. The van der Waals surface area contributed by atoms with E-state index in [1.165, 1.54) is 25.4 Å². The molecular formula is C28H28FN7O2. The molecule has 10 heteroatoms. The van der Waals surface area contributed by atoms with Crippen LogP contribution in [-0.2, 0) is 20.0 Å². The first kappa shape index (κ1) is 22.9. The van der Waals surface area contributed by atoms with Gasteiger partial charge in [0.25, 0.3) is 5.91 Å². The van der Waals surface area contributed by atoms with Crippen LogP contribution in [0, 0.1) is 11.9 Å². The summed E-state index contributed by atoms with van der Waals surface area (Å²) in [6, 6.07) is 10.0. The highest BCUT2D eigenvalue weighted by atomic mass is 19.1. The molecule has 1 aromatic carbocycles. The highest BCUT2D eigenvalue weighted by Gasteiger charge is 2.28. The van der Waals surface area contributed by atoms with E-state index in [0.29, 0.717) is 36.6 Å². The molecule has 194 valence electrons. The maximum absolute atomic E-state index is 13.4. The Labute approximate surface area is 218 Å². The van der Waals surface area contributed by atoms with Gasteiger partial charge in [0, 0.05) is 31.9 Å². The number of fused-ring (bicyclic) bond motifs is 3. The summed E-state index contributed by atoms with van der Waals surface area (Å²) >= 11 is 0. The Hall–Kier alpha value is -4.21. The smallest absolute Gasteiger partial charge is 0.253 e. The van der Waals surface area contributed by atoms with Gasteiger partial charge in [0.15, 0.2) is 11.5 Å². The molecule has 7 rings (SSSR count). The van der Waals surface area contributed by atoms with Crippen LogP contribution in [0.25, 0.3) is 33.6 Å². The highest BCUT2D eigenvalue weighted by Crippen LogP contribution is 2.39. The summed E-state index contributed by atoms with van der Waals surface area (Å²) in [6.07, 6.45) is 5.99. The Balaban J connectivity index is 1.32. The SMILES string of the molecule is C[C@H](COc1cccc2cc(-c3nc4cc5c(nc4n3C)CCNC5=O)n(CC3CC3)c12)n1cnc(F)c1. The molecule has 1 amide bonds. The number of hydrogen-bond acceptors (Lipinski definition) is 5. The van der Waals surface area contributed by atoms with Crippen LogP contribution in [0.3, 0.4) is 0 Å². The number of nitrogens with zero attached hydrogens (tertiary/aromatic N) is 6. The molecule has 0 spiro atoms. The first-order chi connectivity index (χ1) is 18.5. The van der Waals surface area contributed by atoms with Crippen molar-refractivity contribution in [1.82, 2.24) is 34.0 Å². The number of ether oxygens (including phenoxy) is 1. The zero-order valence-corrected chi connectivity index (χ0v) is 21.3. The summed E-state index contributed by atoms with van der Waals surface area (Å²) in [7, 11) is 1.98. The van der Waals surface area contributed by atoms with Crippen molar-refractivity contribution in [2.75, 3.05) is 13.2 Å². The quantitative estimate of drug-likeness (QED) is 0.351. The van der Waals surface area contributed by atoms with Crippen LogP contribution >= 0.6 is 0 Å². The van der Waals surface area contributed by atoms with Gasteiger partial charge in [-0.1, -0.05) is 12.1 Å². The number of carbonyl (C=O) groups excluding carboxylic acids is 1. The second-order valence-corrected chi connectivity index (χ2v) is 10.4. The highest BCUT2D eigenvalue weighted by molar-refractivity contribution is 5.99. The second-order valence-electron chi connectivity index (χ2n) is 10.4. The number of pyridine rings is 1. The molecule has 1 N–H and O–H groups in total. The molecule has 4 aromatic heterocycles. The van der Waals surface area contributed by atoms with Crippen LogP contribution in [0.1, 0.15) is 41.9 Å². The average molecular weight is 514 g/mol. The minimum Gasteiger partial charge on any atom is -0.489 e. The van der Waals surface area contributed by atoms with Crippen LogP contribution < -0.4 is 10.1 Å². The fraction of sp³-hybridized carbons (Fsp3) is 0.357. The normalized spacial score (nSPS) is 16.1. The summed E-state index contributed by atoms with van der Waals surface area (Å²) in [6.45, 7) is 3.82. The van der Waals surface area contributed by atoms with Gasteiger partial charge in [-0.15, -0.1) is 0 Å². The van der Waals surface area contributed by atoms with E-state index in [4.69, 9.17) is 14.7 Å². The molecule has 0 bridgehead atoms. The van der Waals surface area contributed by atoms with E-state index in [1.54, 1.807) is 4.57 Å². The predicted molar refractivity (Wildman–Crippen MR) is 141 cm³/mol. The van der Waals surface area contributed by atoms with Crippen molar-refractivity contribution in [2.45, 2.75) is 38.8 Å². The fourth-order valence-corrected chi connectivity index (χ4v) is 5.34. The predicted octanol–water partition coefficient (Wildman–Crippen LogP) is 4.26. The molecule has 2 aliphatic rings. The fourth-order valence-electron chi connectivity index (χ4n) is 5.34. The van der Waals surface area contributed by atoms with Crippen LogP contribution in [-0.4, -0.2) is 47.7 Å². The molecule has 9 nitrogen and oxygen atoms in total. The second kappa shape index (κ2) is 8.68. The molecule has 5 heterocycles. The van der Waals surface area contributed by atoms with Crippen molar-refractivity contribution >= 4 is 28.0 Å². The van der Waals surface area contributed by atoms with Crippen LogP contribution in [0.4, 0.5) is 4.39 Å². The number of carbonyl (C=O) groups is 1. The van der Waals surface area contributed by atoms with E-state index in [9.17, 15) is 9.18 Å². The molecule has 1 saturated carbocycles. The first-order valence-corrected chi connectivity index (χ1v) is 13.0. The van der Waals surface area contributed by atoms with Crippen LogP contribution in [0.5, 0.6) is 5.75 Å². The van der Waals surface area contributed by atoms with Gasteiger partial charge in [0.05, 0.1) is 41.0 Å². The minimum atomic E-state index is -0.500. The van der Waals surface area contributed by atoms with Crippen molar-refractivity contribution < 1.29 is 13.9 Å². The van der Waals surface area contributed by atoms with Crippen molar-refractivity contribution in [3.63, 3.8) is 0 Å².